The predicted molar refractivity (Wildman–Crippen MR) is 90.4 cm³/mol. The topological polar surface area (TPSA) is 82.5 Å². The third kappa shape index (κ3) is 3.21. The minimum absolute atomic E-state index is 0.0509. The first kappa shape index (κ1) is 16.3. The molecule has 2 aromatic heterocycles. The molecule has 1 aliphatic heterocycles. The summed E-state index contributed by atoms with van der Waals surface area (Å²) in [5.74, 6) is 1.49. The van der Waals surface area contributed by atoms with Crippen LogP contribution in [0.15, 0.2) is 24.5 Å². The molecule has 1 N–H and O–H groups in total. The molecule has 7 nitrogen and oxygen atoms in total. The maximum absolute atomic E-state index is 11.7. The smallest absolute Gasteiger partial charge is 0.219 e. The van der Waals surface area contributed by atoms with Gasteiger partial charge >= 0.3 is 0 Å². The molecule has 0 bridgehead atoms. The van der Waals surface area contributed by atoms with E-state index in [2.05, 4.69) is 4.98 Å². The number of anilines is 1. The van der Waals surface area contributed by atoms with Crippen LogP contribution in [0.2, 0.25) is 0 Å². The Morgan fingerprint density at radius 2 is 2.08 bits per heavy atom. The van der Waals surface area contributed by atoms with Crippen molar-refractivity contribution in [1.29, 1.82) is 0 Å². The van der Waals surface area contributed by atoms with Crippen LogP contribution < -0.4 is 4.90 Å². The van der Waals surface area contributed by atoms with Crippen molar-refractivity contribution in [3.05, 3.63) is 35.8 Å². The predicted octanol–water partition coefficient (Wildman–Crippen LogP) is 0.872. The van der Waals surface area contributed by atoms with Crippen molar-refractivity contribution in [3.8, 4) is 11.4 Å². The summed E-state index contributed by atoms with van der Waals surface area (Å²) in [6.45, 7) is 3.29. The molecule has 3 heterocycles. The van der Waals surface area contributed by atoms with Gasteiger partial charge in [0.2, 0.25) is 5.91 Å². The van der Waals surface area contributed by atoms with Crippen LogP contribution in [0.3, 0.4) is 0 Å². The Labute approximate surface area is 141 Å². The van der Waals surface area contributed by atoms with Gasteiger partial charge in [-0.1, -0.05) is 0 Å². The number of nitrogens with zero attached hydrogens (tertiary/aromatic N) is 5. The second kappa shape index (κ2) is 6.92. The molecule has 1 amide bonds. The number of aliphatic hydroxyl groups is 1. The standard InChI is InChI=1S/C17H21N5O2/c1-12(24)22-8-5-14-15(11-22)19-16(13-3-6-18-7-4-13)20-17(14)21(2)9-10-23/h3-4,6-7,23H,5,8-11H2,1-2H3. The zero-order valence-corrected chi connectivity index (χ0v) is 13.9. The molecule has 0 unspecified atom stereocenters. The van der Waals surface area contributed by atoms with Crippen molar-refractivity contribution in [2.75, 3.05) is 31.6 Å². The monoisotopic (exact) mass is 327 g/mol. The molecule has 2 aromatic rings. The number of carbonyl (C=O) groups excluding carboxylic acids is 1. The van der Waals surface area contributed by atoms with E-state index in [1.165, 1.54) is 0 Å². The van der Waals surface area contributed by atoms with Crippen LogP contribution in [0.5, 0.6) is 0 Å². The summed E-state index contributed by atoms with van der Waals surface area (Å²) in [5, 5.41) is 9.26. The van der Waals surface area contributed by atoms with E-state index in [1.54, 1.807) is 24.2 Å². The van der Waals surface area contributed by atoms with Gasteiger partial charge in [-0.3, -0.25) is 9.78 Å². The lowest BCUT2D eigenvalue weighted by Crippen LogP contribution is -2.36. The second-order valence-electron chi connectivity index (χ2n) is 5.87. The summed E-state index contributed by atoms with van der Waals surface area (Å²) in [6, 6.07) is 3.73. The van der Waals surface area contributed by atoms with Gasteiger partial charge in [-0.25, -0.2) is 9.97 Å². The summed E-state index contributed by atoms with van der Waals surface area (Å²) in [6.07, 6.45) is 4.13. The minimum Gasteiger partial charge on any atom is -0.395 e. The van der Waals surface area contributed by atoms with Gasteiger partial charge in [-0.2, -0.15) is 0 Å². The molecule has 24 heavy (non-hydrogen) atoms. The lowest BCUT2D eigenvalue weighted by atomic mass is 10.0. The Balaban J connectivity index is 2.08. The second-order valence-corrected chi connectivity index (χ2v) is 5.87. The van der Waals surface area contributed by atoms with Gasteiger partial charge in [0, 0.05) is 50.6 Å². The van der Waals surface area contributed by atoms with E-state index in [0.29, 0.717) is 25.5 Å². The number of amides is 1. The Morgan fingerprint density at radius 1 is 1.33 bits per heavy atom. The highest BCUT2D eigenvalue weighted by molar-refractivity contribution is 5.74. The summed E-state index contributed by atoms with van der Waals surface area (Å²) in [7, 11) is 1.91. The van der Waals surface area contributed by atoms with Crippen LogP contribution in [-0.4, -0.2) is 57.6 Å². The van der Waals surface area contributed by atoms with Gasteiger partial charge < -0.3 is 14.9 Å². The molecule has 0 saturated heterocycles. The molecular formula is C17H21N5O2. The number of rotatable bonds is 4. The Bertz CT molecular complexity index is 735. The van der Waals surface area contributed by atoms with Crippen LogP contribution in [0.25, 0.3) is 11.4 Å². The zero-order valence-electron chi connectivity index (χ0n) is 13.9. The van der Waals surface area contributed by atoms with Gasteiger partial charge in [-0.05, 0) is 18.6 Å². The van der Waals surface area contributed by atoms with Crippen molar-refractivity contribution in [1.82, 2.24) is 19.9 Å². The molecule has 0 spiro atoms. The maximum Gasteiger partial charge on any atom is 0.219 e. The zero-order chi connectivity index (χ0) is 17.1. The van der Waals surface area contributed by atoms with E-state index in [-0.39, 0.29) is 12.5 Å². The average Bonchev–Trinajstić information content (AvgIpc) is 2.61. The van der Waals surface area contributed by atoms with Gasteiger partial charge in [0.1, 0.15) is 5.82 Å². The number of carbonyl (C=O) groups is 1. The molecule has 0 fully saturated rings. The number of hydrogen-bond donors (Lipinski definition) is 1. The number of hydrogen-bond acceptors (Lipinski definition) is 6. The van der Waals surface area contributed by atoms with Crippen molar-refractivity contribution in [2.24, 2.45) is 0 Å². The number of likely N-dealkylation sites (N-methyl/N-ethyl adjacent to an activating group) is 1. The lowest BCUT2D eigenvalue weighted by molar-refractivity contribution is -0.129. The van der Waals surface area contributed by atoms with Crippen LogP contribution in [0.4, 0.5) is 5.82 Å². The van der Waals surface area contributed by atoms with Gasteiger partial charge in [0.15, 0.2) is 5.82 Å². The van der Waals surface area contributed by atoms with E-state index in [4.69, 9.17) is 9.97 Å². The van der Waals surface area contributed by atoms with Gasteiger partial charge in [0.05, 0.1) is 18.8 Å². The van der Waals surface area contributed by atoms with Gasteiger partial charge in [-0.15, -0.1) is 0 Å². The normalized spacial score (nSPS) is 13.5. The summed E-state index contributed by atoms with van der Waals surface area (Å²) < 4.78 is 0. The molecule has 3 rings (SSSR count). The first-order chi connectivity index (χ1) is 11.6. The van der Waals surface area contributed by atoms with Crippen molar-refractivity contribution in [3.63, 3.8) is 0 Å². The molecule has 7 heteroatoms. The van der Waals surface area contributed by atoms with E-state index in [1.807, 2.05) is 24.1 Å². The molecular weight excluding hydrogens is 306 g/mol. The summed E-state index contributed by atoms with van der Waals surface area (Å²) in [4.78, 5) is 28.9. The van der Waals surface area contributed by atoms with E-state index in [0.717, 1.165) is 29.1 Å². The maximum atomic E-state index is 11.7. The molecule has 0 radical (unpaired) electrons. The summed E-state index contributed by atoms with van der Waals surface area (Å²) >= 11 is 0. The number of aromatic nitrogens is 3. The molecule has 0 atom stereocenters. The SMILES string of the molecule is CC(=O)N1CCc2c(nc(-c3ccncc3)nc2N(C)CCO)C1. The van der Waals surface area contributed by atoms with Crippen LogP contribution in [-0.2, 0) is 17.8 Å². The number of fused-ring (bicyclic) bond motifs is 1. The molecule has 0 aromatic carbocycles. The Hall–Kier alpha value is -2.54. The highest BCUT2D eigenvalue weighted by Crippen LogP contribution is 2.28. The fraction of sp³-hybridized carbons (Fsp3) is 0.412. The third-order valence-corrected chi connectivity index (χ3v) is 4.22. The van der Waals surface area contributed by atoms with E-state index >= 15 is 0 Å². The van der Waals surface area contributed by atoms with Crippen LogP contribution in [0, 0.1) is 0 Å². The molecule has 0 aliphatic carbocycles. The highest BCUT2D eigenvalue weighted by Gasteiger charge is 2.25. The fourth-order valence-electron chi connectivity index (χ4n) is 2.88. The first-order valence-corrected chi connectivity index (χ1v) is 7.98. The van der Waals surface area contributed by atoms with Crippen LogP contribution in [0.1, 0.15) is 18.2 Å². The number of aliphatic hydroxyl groups excluding tert-OH is 1. The minimum atomic E-state index is 0.0509. The largest absolute Gasteiger partial charge is 0.395 e. The highest BCUT2D eigenvalue weighted by atomic mass is 16.3. The van der Waals surface area contributed by atoms with E-state index in [9.17, 15) is 9.90 Å². The Kier molecular flexibility index (Phi) is 4.71. The average molecular weight is 327 g/mol. The Morgan fingerprint density at radius 3 is 2.75 bits per heavy atom. The molecule has 1 aliphatic rings. The van der Waals surface area contributed by atoms with Crippen LogP contribution >= 0.6 is 0 Å². The molecule has 126 valence electrons. The van der Waals surface area contributed by atoms with Crippen molar-refractivity contribution < 1.29 is 9.90 Å². The third-order valence-electron chi connectivity index (χ3n) is 4.22. The molecule has 0 saturated carbocycles. The van der Waals surface area contributed by atoms with E-state index < -0.39 is 0 Å². The van der Waals surface area contributed by atoms with Gasteiger partial charge in [0.25, 0.3) is 0 Å². The van der Waals surface area contributed by atoms with Crippen molar-refractivity contribution in [2.45, 2.75) is 19.9 Å². The quantitative estimate of drug-likeness (QED) is 0.897. The van der Waals surface area contributed by atoms with Crippen molar-refractivity contribution >= 4 is 11.7 Å². The summed E-state index contributed by atoms with van der Waals surface area (Å²) in [5.41, 5.74) is 2.81. The number of pyridine rings is 1. The lowest BCUT2D eigenvalue weighted by Gasteiger charge is -2.30. The fourth-order valence-corrected chi connectivity index (χ4v) is 2.88. The first-order valence-electron chi connectivity index (χ1n) is 7.98.